The van der Waals surface area contributed by atoms with Gasteiger partial charge in [-0.15, -0.1) is 15.3 Å². The van der Waals surface area contributed by atoms with Crippen LogP contribution in [0, 0.1) is 6.92 Å². The second-order valence-electron chi connectivity index (χ2n) is 6.43. The number of nitrogens with two attached hydrogens (primary N) is 3. The Morgan fingerprint density at radius 1 is 1.16 bits per heavy atom. The van der Waals surface area contributed by atoms with Crippen molar-refractivity contribution in [1.29, 1.82) is 0 Å². The molecule has 6 N–H and O–H groups in total. The molecule has 17 heteroatoms. The van der Waals surface area contributed by atoms with Crippen molar-refractivity contribution in [3.63, 3.8) is 0 Å². The molecule has 32 heavy (non-hydrogen) atoms. The van der Waals surface area contributed by atoms with E-state index in [9.17, 15) is 13.2 Å². The first-order valence-corrected chi connectivity index (χ1v) is 10.6. The van der Waals surface area contributed by atoms with Crippen LogP contribution < -0.4 is 17.3 Å². The predicted octanol–water partition coefficient (Wildman–Crippen LogP) is 1.33. The molecule has 0 unspecified atom stereocenters. The van der Waals surface area contributed by atoms with E-state index in [0.29, 0.717) is 46.5 Å². The number of aromatic nitrogens is 9. The van der Waals surface area contributed by atoms with Crippen LogP contribution in [0.25, 0.3) is 10.7 Å². The SMILES string of the molecule is Cc1ncc(Cn2cc(CSc3nnc(-c4sc(N)nc4C(F)(F)F)n3N)nn2)c(N)n1. The Morgan fingerprint density at radius 3 is 2.66 bits per heavy atom. The molecule has 12 nitrogen and oxygen atoms in total. The molecule has 0 saturated heterocycles. The molecule has 4 aromatic heterocycles. The summed E-state index contributed by atoms with van der Waals surface area (Å²) >= 11 is 1.76. The van der Waals surface area contributed by atoms with Gasteiger partial charge in [0.1, 0.15) is 16.5 Å². The fraction of sp³-hybridized carbons (Fsp3) is 0.267. The normalized spacial score (nSPS) is 11.9. The molecule has 0 amide bonds. The van der Waals surface area contributed by atoms with Crippen LogP contribution in [0.3, 0.4) is 0 Å². The number of thioether (sulfide) groups is 1. The first kappa shape index (κ1) is 21.8. The van der Waals surface area contributed by atoms with Gasteiger partial charge in [0.05, 0.1) is 12.2 Å². The first-order valence-electron chi connectivity index (χ1n) is 8.76. The lowest BCUT2D eigenvalue weighted by Crippen LogP contribution is -2.14. The van der Waals surface area contributed by atoms with E-state index in [1.165, 1.54) is 0 Å². The van der Waals surface area contributed by atoms with Crippen molar-refractivity contribution < 1.29 is 13.2 Å². The van der Waals surface area contributed by atoms with E-state index in [0.717, 1.165) is 16.4 Å². The third-order valence-electron chi connectivity index (χ3n) is 4.07. The average molecular weight is 484 g/mol. The minimum absolute atomic E-state index is 0.186. The number of aryl methyl sites for hydroxylation is 1. The van der Waals surface area contributed by atoms with Crippen molar-refractivity contribution in [3.8, 4) is 10.7 Å². The summed E-state index contributed by atoms with van der Waals surface area (Å²) in [7, 11) is 0. The number of hydrogen-bond donors (Lipinski definition) is 3. The molecule has 0 aromatic carbocycles. The third-order valence-corrected chi connectivity index (χ3v) is 5.92. The first-order chi connectivity index (χ1) is 15.1. The van der Waals surface area contributed by atoms with Gasteiger partial charge in [0, 0.05) is 23.7 Å². The quantitative estimate of drug-likeness (QED) is 0.265. The van der Waals surface area contributed by atoms with Gasteiger partial charge in [-0.25, -0.2) is 24.3 Å². The van der Waals surface area contributed by atoms with Crippen molar-refractivity contribution in [2.75, 3.05) is 17.3 Å². The number of nitrogens with zero attached hydrogens (tertiary/aromatic N) is 9. The summed E-state index contributed by atoms with van der Waals surface area (Å²) in [6.07, 6.45) is -1.39. The van der Waals surface area contributed by atoms with E-state index in [-0.39, 0.29) is 21.0 Å². The minimum Gasteiger partial charge on any atom is -0.383 e. The van der Waals surface area contributed by atoms with Crippen LogP contribution in [0.15, 0.2) is 17.6 Å². The van der Waals surface area contributed by atoms with Crippen molar-refractivity contribution in [2.45, 2.75) is 30.6 Å². The number of alkyl halides is 3. The van der Waals surface area contributed by atoms with Crippen LogP contribution in [0.4, 0.5) is 24.1 Å². The van der Waals surface area contributed by atoms with Crippen LogP contribution >= 0.6 is 23.1 Å². The van der Waals surface area contributed by atoms with Crippen LogP contribution in [-0.2, 0) is 18.5 Å². The molecule has 0 aliphatic carbocycles. The lowest BCUT2D eigenvalue weighted by molar-refractivity contribution is -0.140. The van der Waals surface area contributed by atoms with E-state index < -0.39 is 11.9 Å². The summed E-state index contributed by atoms with van der Waals surface area (Å²) in [4.78, 5) is 11.2. The molecule has 0 atom stereocenters. The van der Waals surface area contributed by atoms with Crippen LogP contribution in [0.5, 0.6) is 0 Å². The molecule has 4 heterocycles. The number of hydrogen-bond acceptors (Lipinski definition) is 12. The van der Waals surface area contributed by atoms with E-state index in [1.54, 1.807) is 24.0 Å². The van der Waals surface area contributed by atoms with Gasteiger partial charge < -0.3 is 17.3 Å². The Hall–Kier alpha value is -3.47. The number of thiazole rings is 1. The minimum atomic E-state index is -4.70. The van der Waals surface area contributed by atoms with Crippen molar-refractivity contribution in [2.24, 2.45) is 0 Å². The van der Waals surface area contributed by atoms with Gasteiger partial charge in [0.25, 0.3) is 0 Å². The van der Waals surface area contributed by atoms with Crippen LogP contribution in [-0.4, -0.2) is 44.8 Å². The molecule has 168 valence electrons. The molecule has 0 aliphatic heterocycles. The Bertz CT molecular complexity index is 1260. The summed E-state index contributed by atoms with van der Waals surface area (Å²) in [5.41, 5.74) is 11.5. The standard InChI is InChI=1S/C15H15F3N12S2/c1-6-22-2-7(11(19)23-6)3-29-4-8(25-28-29)5-31-14-27-26-12(30(14)21)9-10(15(16,17)18)24-13(20)32-9/h2,4H,3,5,21H2,1H3,(H2,20,24)(H2,19,22,23). The zero-order valence-electron chi connectivity index (χ0n) is 16.3. The van der Waals surface area contributed by atoms with E-state index in [4.69, 9.17) is 17.3 Å². The molecule has 0 fully saturated rings. The summed E-state index contributed by atoms with van der Waals surface area (Å²) in [5, 5.41) is 15.7. The van der Waals surface area contributed by atoms with Gasteiger partial charge in [0.15, 0.2) is 16.6 Å². The Kier molecular flexibility index (Phi) is 5.59. The molecule has 0 radical (unpaired) electrons. The third kappa shape index (κ3) is 4.42. The summed E-state index contributed by atoms with van der Waals surface area (Å²) in [6.45, 7) is 2.06. The number of rotatable bonds is 6. The highest BCUT2D eigenvalue weighted by molar-refractivity contribution is 7.98. The summed E-state index contributed by atoms with van der Waals surface area (Å²) in [6, 6.07) is 0. The topological polar surface area (TPSA) is 178 Å². The van der Waals surface area contributed by atoms with E-state index in [2.05, 4.69) is 35.5 Å². The van der Waals surface area contributed by atoms with Crippen molar-refractivity contribution >= 4 is 34.0 Å². The largest absolute Gasteiger partial charge is 0.435 e. The lowest BCUT2D eigenvalue weighted by atomic mass is 10.3. The van der Waals surface area contributed by atoms with Gasteiger partial charge in [-0.05, 0) is 6.92 Å². The van der Waals surface area contributed by atoms with Gasteiger partial charge in [-0.2, -0.15) is 13.2 Å². The Labute approximate surface area is 186 Å². The number of halogens is 3. The molecule has 0 bridgehead atoms. The Balaban J connectivity index is 1.47. The fourth-order valence-electron chi connectivity index (χ4n) is 2.64. The lowest BCUT2D eigenvalue weighted by Gasteiger charge is -2.06. The average Bonchev–Trinajstić information content (AvgIpc) is 3.41. The van der Waals surface area contributed by atoms with Gasteiger partial charge in [0.2, 0.25) is 5.16 Å². The zero-order chi connectivity index (χ0) is 23.0. The molecule has 4 aromatic rings. The van der Waals surface area contributed by atoms with Gasteiger partial charge in [-0.3, -0.25) is 0 Å². The maximum Gasteiger partial charge on any atom is 0.435 e. The van der Waals surface area contributed by atoms with E-state index in [1.807, 2.05) is 0 Å². The zero-order valence-corrected chi connectivity index (χ0v) is 17.9. The van der Waals surface area contributed by atoms with Gasteiger partial charge in [-0.1, -0.05) is 28.3 Å². The molecule has 0 spiro atoms. The molecule has 4 rings (SSSR count). The molecular weight excluding hydrogens is 469 g/mol. The Morgan fingerprint density at radius 2 is 1.94 bits per heavy atom. The highest BCUT2D eigenvalue weighted by Crippen LogP contribution is 2.40. The van der Waals surface area contributed by atoms with Crippen molar-refractivity contribution in [3.05, 3.63) is 35.2 Å². The predicted molar refractivity (Wildman–Crippen MR) is 111 cm³/mol. The number of anilines is 2. The summed E-state index contributed by atoms with van der Waals surface area (Å²) in [5.74, 6) is 6.96. The molecular formula is C15H15F3N12S2. The molecule has 0 aliphatic rings. The smallest absolute Gasteiger partial charge is 0.383 e. The maximum absolute atomic E-state index is 13.2. The monoisotopic (exact) mass is 484 g/mol. The van der Waals surface area contributed by atoms with Crippen LogP contribution in [0.1, 0.15) is 22.8 Å². The highest BCUT2D eigenvalue weighted by Gasteiger charge is 2.39. The van der Waals surface area contributed by atoms with E-state index >= 15 is 0 Å². The second-order valence-corrected chi connectivity index (χ2v) is 8.40. The molecule has 0 saturated carbocycles. The van der Waals surface area contributed by atoms with Crippen molar-refractivity contribution in [1.82, 2.24) is 44.8 Å². The maximum atomic E-state index is 13.2. The highest BCUT2D eigenvalue weighted by atomic mass is 32.2. The second kappa shape index (κ2) is 8.23. The van der Waals surface area contributed by atoms with Gasteiger partial charge >= 0.3 is 6.18 Å². The van der Waals surface area contributed by atoms with Crippen LogP contribution in [0.2, 0.25) is 0 Å². The summed E-state index contributed by atoms with van der Waals surface area (Å²) < 4.78 is 42.2. The number of nitrogen functional groups attached to an aromatic ring is 3. The fourth-order valence-corrected chi connectivity index (χ4v) is 4.21.